The summed E-state index contributed by atoms with van der Waals surface area (Å²) in [4.78, 5) is 26.2. The van der Waals surface area contributed by atoms with Crippen molar-refractivity contribution in [1.29, 1.82) is 0 Å². The van der Waals surface area contributed by atoms with Crippen LogP contribution in [-0.2, 0) is 4.79 Å². The summed E-state index contributed by atoms with van der Waals surface area (Å²) in [6.45, 7) is 2.45. The van der Waals surface area contributed by atoms with Gasteiger partial charge in [-0.05, 0) is 31.4 Å². The molecule has 1 atom stereocenters. The number of nitrogens with zero attached hydrogens (tertiary/aromatic N) is 1. The van der Waals surface area contributed by atoms with Crippen LogP contribution in [0.1, 0.15) is 36.5 Å². The number of para-hydroxylation sites is 1. The predicted molar refractivity (Wildman–Crippen MR) is 73.1 cm³/mol. The zero-order valence-electron chi connectivity index (χ0n) is 11.1. The Labute approximate surface area is 112 Å². The van der Waals surface area contributed by atoms with Gasteiger partial charge in [0, 0.05) is 6.54 Å². The highest BCUT2D eigenvalue weighted by atomic mass is 16.2. The molecule has 0 spiro atoms. The Morgan fingerprint density at radius 3 is 2.74 bits per heavy atom. The van der Waals surface area contributed by atoms with Crippen LogP contribution in [0.25, 0.3) is 0 Å². The van der Waals surface area contributed by atoms with Crippen molar-refractivity contribution in [3.8, 4) is 0 Å². The molecule has 1 saturated carbocycles. The number of fused-ring (bicyclic) bond motifs is 1. The molecule has 1 aliphatic carbocycles. The minimum atomic E-state index is -0.459. The van der Waals surface area contributed by atoms with Crippen LogP contribution < -0.4 is 10.2 Å². The number of hydrogen-bond donors (Lipinski definition) is 1. The monoisotopic (exact) mass is 258 g/mol. The molecule has 0 radical (unpaired) electrons. The molecule has 0 aromatic heterocycles. The van der Waals surface area contributed by atoms with Gasteiger partial charge in [0.15, 0.2) is 0 Å². The lowest BCUT2D eigenvalue weighted by atomic mass is 10.1. The Balaban J connectivity index is 1.94. The fraction of sp³-hybridized carbons (Fsp3) is 0.467. The van der Waals surface area contributed by atoms with Gasteiger partial charge in [0.25, 0.3) is 5.91 Å². The fourth-order valence-corrected chi connectivity index (χ4v) is 2.54. The molecule has 1 aromatic rings. The molecular formula is C15H18N2O2. The molecule has 1 N–H and O–H groups in total. The quantitative estimate of drug-likeness (QED) is 0.901. The minimum Gasteiger partial charge on any atom is -0.340 e. The summed E-state index contributed by atoms with van der Waals surface area (Å²) in [5.41, 5.74) is 1.34. The molecule has 1 aliphatic heterocycles. The van der Waals surface area contributed by atoms with E-state index in [1.807, 2.05) is 18.2 Å². The maximum absolute atomic E-state index is 12.4. The highest BCUT2D eigenvalue weighted by molar-refractivity contribution is 6.10. The van der Waals surface area contributed by atoms with Gasteiger partial charge >= 0.3 is 0 Å². The van der Waals surface area contributed by atoms with Gasteiger partial charge in [-0.15, -0.1) is 0 Å². The molecular weight excluding hydrogens is 240 g/mol. The zero-order chi connectivity index (χ0) is 13.4. The van der Waals surface area contributed by atoms with Crippen molar-refractivity contribution in [2.24, 2.45) is 5.92 Å². The van der Waals surface area contributed by atoms with Crippen molar-refractivity contribution < 1.29 is 9.59 Å². The van der Waals surface area contributed by atoms with Gasteiger partial charge in [-0.1, -0.05) is 25.0 Å². The summed E-state index contributed by atoms with van der Waals surface area (Å²) < 4.78 is 0. The number of hydrogen-bond acceptors (Lipinski definition) is 2. The van der Waals surface area contributed by atoms with E-state index in [1.165, 1.54) is 12.8 Å². The van der Waals surface area contributed by atoms with Gasteiger partial charge in [-0.25, -0.2) is 0 Å². The van der Waals surface area contributed by atoms with E-state index in [-0.39, 0.29) is 11.8 Å². The number of benzene rings is 1. The third-order valence-corrected chi connectivity index (χ3v) is 3.88. The third-order valence-electron chi connectivity index (χ3n) is 3.88. The van der Waals surface area contributed by atoms with E-state index < -0.39 is 6.04 Å². The lowest BCUT2D eigenvalue weighted by molar-refractivity contribution is -0.120. The number of amides is 2. The average Bonchev–Trinajstić information content (AvgIpc) is 3.22. The second kappa shape index (κ2) is 4.68. The van der Waals surface area contributed by atoms with Crippen LogP contribution in [0.3, 0.4) is 0 Å². The minimum absolute atomic E-state index is 0.0149. The van der Waals surface area contributed by atoms with E-state index in [4.69, 9.17) is 0 Å². The van der Waals surface area contributed by atoms with E-state index in [2.05, 4.69) is 5.32 Å². The summed E-state index contributed by atoms with van der Waals surface area (Å²) >= 11 is 0. The summed E-state index contributed by atoms with van der Waals surface area (Å²) in [5, 5.41) is 2.75. The van der Waals surface area contributed by atoms with Crippen molar-refractivity contribution in [2.45, 2.75) is 32.2 Å². The number of rotatable bonds is 3. The molecule has 2 aliphatic rings. The van der Waals surface area contributed by atoms with Crippen LogP contribution in [-0.4, -0.2) is 24.4 Å². The van der Waals surface area contributed by atoms with Gasteiger partial charge in [0.2, 0.25) is 5.91 Å². The van der Waals surface area contributed by atoms with Crippen LogP contribution in [0.5, 0.6) is 0 Å². The highest BCUT2D eigenvalue weighted by Gasteiger charge is 2.32. The molecule has 1 fully saturated rings. The fourth-order valence-electron chi connectivity index (χ4n) is 2.54. The predicted octanol–water partition coefficient (Wildman–Crippen LogP) is 1.95. The second-order valence-electron chi connectivity index (χ2n) is 5.43. The Bertz CT molecular complexity index is 523. The molecule has 4 nitrogen and oxygen atoms in total. The van der Waals surface area contributed by atoms with Crippen LogP contribution in [0.2, 0.25) is 0 Å². The summed E-state index contributed by atoms with van der Waals surface area (Å²) in [5.74, 6) is 0.589. The highest BCUT2D eigenvalue weighted by Crippen LogP contribution is 2.34. The van der Waals surface area contributed by atoms with E-state index in [1.54, 1.807) is 17.9 Å². The van der Waals surface area contributed by atoms with Gasteiger partial charge < -0.3 is 10.2 Å². The van der Waals surface area contributed by atoms with Crippen molar-refractivity contribution in [3.63, 3.8) is 0 Å². The molecule has 19 heavy (non-hydrogen) atoms. The standard InChI is InChI=1S/C15H18N2O2/c1-10-15(19)17(9-8-11-6-7-11)13-5-3-2-4-12(13)14(18)16-10/h2-5,10-11H,6-9H2,1H3,(H,16,18). The second-order valence-corrected chi connectivity index (χ2v) is 5.43. The molecule has 0 saturated heterocycles. The molecule has 100 valence electrons. The first-order chi connectivity index (χ1) is 9.16. The van der Waals surface area contributed by atoms with Crippen molar-refractivity contribution >= 4 is 17.5 Å². The molecule has 3 rings (SSSR count). The summed E-state index contributed by atoms with van der Waals surface area (Å²) in [6, 6.07) is 6.88. The van der Waals surface area contributed by atoms with E-state index in [9.17, 15) is 9.59 Å². The first-order valence-electron chi connectivity index (χ1n) is 6.88. The largest absolute Gasteiger partial charge is 0.340 e. The third kappa shape index (κ3) is 2.35. The lowest BCUT2D eigenvalue weighted by Gasteiger charge is -2.23. The number of carbonyl (C=O) groups is 2. The Morgan fingerprint density at radius 2 is 2.00 bits per heavy atom. The molecule has 2 amide bonds. The van der Waals surface area contributed by atoms with E-state index >= 15 is 0 Å². The van der Waals surface area contributed by atoms with Gasteiger partial charge in [0.1, 0.15) is 6.04 Å². The smallest absolute Gasteiger partial charge is 0.254 e. The first kappa shape index (κ1) is 12.2. The Kier molecular flexibility index (Phi) is 3.01. The van der Waals surface area contributed by atoms with E-state index in [0.717, 1.165) is 18.0 Å². The Hall–Kier alpha value is -1.84. The van der Waals surface area contributed by atoms with Crippen LogP contribution in [0, 0.1) is 5.92 Å². The maximum atomic E-state index is 12.4. The topological polar surface area (TPSA) is 49.4 Å². The van der Waals surface area contributed by atoms with Crippen molar-refractivity contribution in [1.82, 2.24) is 5.32 Å². The van der Waals surface area contributed by atoms with Crippen LogP contribution in [0.15, 0.2) is 24.3 Å². The molecule has 1 unspecified atom stereocenters. The first-order valence-corrected chi connectivity index (χ1v) is 6.88. The number of nitrogens with one attached hydrogen (secondary N) is 1. The number of anilines is 1. The number of carbonyl (C=O) groups excluding carboxylic acids is 2. The summed E-state index contributed by atoms with van der Waals surface area (Å²) in [7, 11) is 0. The van der Waals surface area contributed by atoms with Crippen LogP contribution >= 0.6 is 0 Å². The van der Waals surface area contributed by atoms with Gasteiger partial charge in [0.05, 0.1) is 11.3 Å². The normalized spacial score (nSPS) is 22.8. The lowest BCUT2D eigenvalue weighted by Crippen LogP contribution is -2.44. The van der Waals surface area contributed by atoms with Crippen molar-refractivity contribution in [3.05, 3.63) is 29.8 Å². The van der Waals surface area contributed by atoms with Gasteiger partial charge in [-0.3, -0.25) is 9.59 Å². The SMILES string of the molecule is CC1NC(=O)c2ccccc2N(CCC2CC2)C1=O. The molecule has 0 bridgehead atoms. The Morgan fingerprint density at radius 1 is 1.26 bits per heavy atom. The molecule has 4 heteroatoms. The van der Waals surface area contributed by atoms with Crippen molar-refractivity contribution in [2.75, 3.05) is 11.4 Å². The van der Waals surface area contributed by atoms with E-state index in [0.29, 0.717) is 12.1 Å². The maximum Gasteiger partial charge on any atom is 0.254 e. The molecule has 1 heterocycles. The van der Waals surface area contributed by atoms with Crippen LogP contribution in [0.4, 0.5) is 5.69 Å². The van der Waals surface area contributed by atoms with Gasteiger partial charge in [-0.2, -0.15) is 0 Å². The molecule has 1 aromatic carbocycles. The zero-order valence-corrected chi connectivity index (χ0v) is 11.1. The average molecular weight is 258 g/mol. The summed E-state index contributed by atoms with van der Waals surface area (Å²) in [6.07, 6.45) is 3.58.